The van der Waals surface area contributed by atoms with Crippen molar-refractivity contribution in [1.29, 1.82) is 0 Å². The van der Waals surface area contributed by atoms with Crippen LogP contribution in [-0.4, -0.2) is 58.7 Å². The standard InChI is InChI=1S/C20H25N3O4S/c1-5-26-18(24)17-15-7-6-12(9-16(15)28-21-17)22-10-14-8-13(22)11-23(14)19(25)27-20(2,3)4/h6-7,9,13-14H,5,8,10-11H2,1-4H3/t13-,14-/m0/s1. The number of ether oxygens (including phenoxy) is 2. The lowest BCUT2D eigenvalue weighted by Gasteiger charge is -2.36. The maximum absolute atomic E-state index is 12.4. The van der Waals surface area contributed by atoms with Crippen LogP contribution in [0.5, 0.6) is 0 Å². The van der Waals surface area contributed by atoms with Crippen molar-refractivity contribution in [1.82, 2.24) is 9.27 Å². The van der Waals surface area contributed by atoms with Crippen molar-refractivity contribution >= 4 is 39.4 Å². The summed E-state index contributed by atoms with van der Waals surface area (Å²) in [6.45, 7) is 9.25. The topological polar surface area (TPSA) is 72.0 Å². The SMILES string of the molecule is CCOC(=O)c1nsc2cc(N3C[C@@H]4C[C@H]3CN4C(=O)OC(C)(C)C)ccc12. The van der Waals surface area contributed by atoms with E-state index in [-0.39, 0.29) is 24.1 Å². The molecule has 150 valence electrons. The summed E-state index contributed by atoms with van der Waals surface area (Å²) in [5, 5.41) is 0.826. The van der Waals surface area contributed by atoms with Crippen molar-refractivity contribution in [2.24, 2.45) is 0 Å². The fraction of sp³-hybridized carbons (Fsp3) is 0.550. The number of carbonyl (C=O) groups is 2. The molecule has 3 heterocycles. The second kappa shape index (κ2) is 6.92. The fourth-order valence-electron chi connectivity index (χ4n) is 3.98. The third kappa shape index (κ3) is 3.41. The van der Waals surface area contributed by atoms with Crippen molar-refractivity contribution in [3.05, 3.63) is 23.9 Å². The molecular formula is C20H25N3O4S. The molecule has 2 saturated heterocycles. The number of nitrogens with zero attached hydrogens (tertiary/aromatic N) is 3. The van der Waals surface area contributed by atoms with E-state index in [9.17, 15) is 9.59 Å². The van der Waals surface area contributed by atoms with E-state index in [1.54, 1.807) is 6.92 Å². The average Bonchev–Trinajstić information content (AvgIpc) is 3.33. The van der Waals surface area contributed by atoms with E-state index in [1.165, 1.54) is 11.5 Å². The minimum absolute atomic E-state index is 0.173. The summed E-state index contributed by atoms with van der Waals surface area (Å²) in [4.78, 5) is 28.6. The number of anilines is 1. The highest BCUT2D eigenvalue weighted by Gasteiger charge is 2.46. The number of likely N-dealkylation sites (tertiary alicyclic amines) is 1. The summed E-state index contributed by atoms with van der Waals surface area (Å²) in [5.74, 6) is -0.380. The Bertz CT molecular complexity index is 920. The summed E-state index contributed by atoms with van der Waals surface area (Å²) < 4.78 is 15.9. The van der Waals surface area contributed by atoms with Gasteiger partial charge >= 0.3 is 12.1 Å². The maximum Gasteiger partial charge on any atom is 0.410 e. The molecule has 0 spiro atoms. The number of piperazine rings is 1. The molecule has 0 N–H and O–H groups in total. The molecule has 2 aliphatic rings. The highest BCUT2D eigenvalue weighted by atomic mass is 32.1. The van der Waals surface area contributed by atoms with Crippen LogP contribution in [-0.2, 0) is 9.47 Å². The molecule has 4 rings (SSSR count). The summed E-state index contributed by atoms with van der Waals surface area (Å²) >= 11 is 1.31. The van der Waals surface area contributed by atoms with Crippen LogP contribution in [0.4, 0.5) is 10.5 Å². The molecule has 2 aromatic rings. The van der Waals surface area contributed by atoms with Gasteiger partial charge in [0.05, 0.1) is 17.3 Å². The highest BCUT2D eigenvalue weighted by Crippen LogP contribution is 2.37. The fourth-order valence-corrected chi connectivity index (χ4v) is 4.78. The van der Waals surface area contributed by atoms with Crippen molar-refractivity contribution in [2.45, 2.75) is 51.8 Å². The number of benzene rings is 1. The number of fused-ring (bicyclic) bond motifs is 3. The zero-order chi connectivity index (χ0) is 20.1. The van der Waals surface area contributed by atoms with E-state index in [0.717, 1.165) is 28.7 Å². The molecule has 1 amide bonds. The van der Waals surface area contributed by atoms with Gasteiger partial charge in [-0.05, 0) is 63.8 Å². The van der Waals surface area contributed by atoms with E-state index in [1.807, 2.05) is 37.8 Å². The Morgan fingerprint density at radius 3 is 2.68 bits per heavy atom. The predicted molar refractivity (Wildman–Crippen MR) is 108 cm³/mol. The number of aromatic nitrogens is 1. The van der Waals surface area contributed by atoms with Crippen LogP contribution < -0.4 is 4.90 Å². The lowest BCUT2D eigenvalue weighted by molar-refractivity contribution is 0.0214. The van der Waals surface area contributed by atoms with E-state index in [0.29, 0.717) is 18.8 Å². The normalized spacial score (nSPS) is 21.4. The van der Waals surface area contributed by atoms with Gasteiger partial charge in [0.25, 0.3) is 0 Å². The molecule has 0 aliphatic carbocycles. The van der Waals surface area contributed by atoms with Crippen LogP contribution in [0.15, 0.2) is 18.2 Å². The first-order valence-corrected chi connectivity index (χ1v) is 10.4. The van der Waals surface area contributed by atoms with Gasteiger partial charge in [-0.1, -0.05) is 0 Å². The first-order valence-electron chi connectivity index (χ1n) is 9.59. The van der Waals surface area contributed by atoms with Gasteiger partial charge in [-0.2, -0.15) is 4.37 Å². The Labute approximate surface area is 168 Å². The number of hydrogen-bond acceptors (Lipinski definition) is 7. The Morgan fingerprint density at radius 2 is 2.04 bits per heavy atom. The molecule has 0 saturated carbocycles. The van der Waals surface area contributed by atoms with Gasteiger partial charge in [0.15, 0.2) is 5.69 Å². The Kier molecular flexibility index (Phi) is 4.69. The van der Waals surface area contributed by atoms with Crippen LogP contribution in [0.2, 0.25) is 0 Å². The van der Waals surface area contributed by atoms with Gasteiger partial charge in [-0.3, -0.25) is 0 Å². The molecule has 7 nitrogen and oxygen atoms in total. The largest absolute Gasteiger partial charge is 0.461 e. The number of carbonyl (C=O) groups excluding carboxylic acids is 2. The van der Waals surface area contributed by atoms with Gasteiger partial charge in [0.2, 0.25) is 0 Å². The average molecular weight is 404 g/mol. The van der Waals surface area contributed by atoms with Crippen molar-refractivity contribution < 1.29 is 19.1 Å². The van der Waals surface area contributed by atoms with E-state index in [2.05, 4.69) is 15.3 Å². The number of rotatable bonds is 3. The zero-order valence-corrected chi connectivity index (χ0v) is 17.4. The van der Waals surface area contributed by atoms with Gasteiger partial charge in [-0.25, -0.2) is 9.59 Å². The molecule has 0 unspecified atom stereocenters. The first kappa shape index (κ1) is 19.0. The lowest BCUT2D eigenvalue weighted by atomic mass is 10.1. The Balaban J connectivity index is 1.49. The van der Waals surface area contributed by atoms with Gasteiger partial charge < -0.3 is 19.3 Å². The molecule has 8 heteroatoms. The summed E-state index contributed by atoms with van der Waals surface area (Å²) in [6.07, 6.45) is 0.727. The molecular weight excluding hydrogens is 378 g/mol. The second-order valence-electron chi connectivity index (χ2n) is 8.26. The summed E-state index contributed by atoms with van der Waals surface area (Å²) in [5.41, 5.74) is 1.00. The van der Waals surface area contributed by atoms with Crippen LogP contribution in [0.1, 0.15) is 44.6 Å². The van der Waals surface area contributed by atoms with Crippen molar-refractivity contribution in [3.8, 4) is 0 Å². The van der Waals surface area contributed by atoms with Gasteiger partial charge in [0, 0.05) is 30.2 Å². The molecule has 1 aromatic heterocycles. The van der Waals surface area contributed by atoms with E-state index >= 15 is 0 Å². The number of amides is 1. The molecule has 2 atom stereocenters. The van der Waals surface area contributed by atoms with Crippen molar-refractivity contribution in [3.63, 3.8) is 0 Å². The monoisotopic (exact) mass is 403 g/mol. The third-order valence-electron chi connectivity index (χ3n) is 5.12. The maximum atomic E-state index is 12.4. The van der Waals surface area contributed by atoms with Crippen molar-refractivity contribution in [2.75, 3.05) is 24.6 Å². The van der Waals surface area contributed by atoms with Gasteiger partial charge in [0.1, 0.15) is 5.60 Å². The molecule has 2 aliphatic heterocycles. The lowest BCUT2D eigenvalue weighted by Crippen LogP contribution is -2.50. The molecule has 0 radical (unpaired) electrons. The Morgan fingerprint density at radius 1 is 1.25 bits per heavy atom. The number of esters is 1. The second-order valence-corrected chi connectivity index (χ2v) is 9.07. The zero-order valence-electron chi connectivity index (χ0n) is 16.6. The highest BCUT2D eigenvalue weighted by molar-refractivity contribution is 7.13. The third-order valence-corrected chi connectivity index (χ3v) is 5.93. The first-order chi connectivity index (χ1) is 13.3. The summed E-state index contributed by atoms with van der Waals surface area (Å²) in [7, 11) is 0. The van der Waals surface area contributed by atoms with Gasteiger partial charge in [-0.15, -0.1) is 0 Å². The van der Waals surface area contributed by atoms with Crippen LogP contribution in [0.25, 0.3) is 10.1 Å². The molecule has 1 aromatic carbocycles. The predicted octanol–water partition coefficient (Wildman–Crippen LogP) is 3.67. The van der Waals surface area contributed by atoms with Crippen LogP contribution in [0, 0.1) is 0 Å². The Hall–Kier alpha value is -2.35. The minimum Gasteiger partial charge on any atom is -0.461 e. The molecule has 2 fully saturated rings. The number of hydrogen-bond donors (Lipinski definition) is 0. The van der Waals surface area contributed by atoms with E-state index in [4.69, 9.17) is 9.47 Å². The minimum atomic E-state index is -0.480. The van der Waals surface area contributed by atoms with E-state index < -0.39 is 5.60 Å². The molecule has 2 bridgehead atoms. The molecule has 28 heavy (non-hydrogen) atoms. The summed E-state index contributed by atoms with van der Waals surface area (Å²) in [6, 6.07) is 6.50. The smallest absolute Gasteiger partial charge is 0.410 e. The van der Waals surface area contributed by atoms with Crippen LogP contribution >= 0.6 is 11.5 Å². The van der Waals surface area contributed by atoms with Crippen LogP contribution in [0.3, 0.4) is 0 Å². The quantitative estimate of drug-likeness (QED) is 0.728.